The molecule has 4 heteroatoms. The van der Waals surface area contributed by atoms with Crippen LogP contribution in [0.15, 0.2) is 0 Å². The van der Waals surface area contributed by atoms with Crippen LogP contribution in [0.4, 0.5) is 13.2 Å². The van der Waals surface area contributed by atoms with Gasteiger partial charge in [-0.15, -0.1) is 0 Å². The summed E-state index contributed by atoms with van der Waals surface area (Å²) >= 11 is 0. The van der Waals surface area contributed by atoms with Gasteiger partial charge in [0.2, 0.25) is 0 Å². The molecule has 0 aromatic heterocycles. The number of hydrogen-bond donors (Lipinski definition) is 1. The van der Waals surface area contributed by atoms with Gasteiger partial charge in [0.05, 0.1) is 0 Å². The molecule has 0 radical (unpaired) electrons. The first-order valence-electron chi connectivity index (χ1n) is 5.83. The van der Waals surface area contributed by atoms with Crippen molar-refractivity contribution in [2.24, 2.45) is 5.92 Å². The van der Waals surface area contributed by atoms with Crippen LogP contribution in [0.5, 0.6) is 0 Å². The van der Waals surface area contributed by atoms with Crippen LogP contribution in [-0.4, -0.2) is 17.8 Å². The van der Waals surface area contributed by atoms with Gasteiger partial charge in [0.1, 0.15) is 5.54 Å². The van der Waals surface area contributed by atoms with Crippen molar-refractivity contribution in [3.63, 3.8) is 0 Å². The highest BCUT2D eigenvalue weighted by molar-refractivity contribution is 5.10. The van der Waals surface area contributed by atoms with E-state index in [1.807, 2.05) is 0 Å². The van der Waals surface area contributed by atoms with E-state index < -0.39 is 11.7 Å². The van der Waals surface area contributed by atoms with E-state index in [4.69, 9.17) is 0 Å². The Morgan fingerprint density at radius 3 is 2.40 bits per heavy atom. The lowest BCUT2D eigenvalue weighted by Crippen LogP contribution is -2.50. The van der Waals surface area contributed by atoms with Crippen molar-refractivity contribution in [2.75, 3.05) is 0 Å². The number of halogens is 3. The molecule has 2 atom stereocenters. The first-order chi connectivity index (χ1) is 6.98. The van der Waals surface area contributed by atoms with Gasteiger partial charge in [-0.25, -0.2) is 0 Å². The molecule has 2 aliphatic rings. The average Bonchev–Trinajstić information content (AvgIpc) is 2.78. The lowest BCUT2D eigenvalue weighted by molar-refractivity contribution is -0.168. The fourth-order valence-electron chi connectivity index (χ4n) is 2.71. The van der Waals surface area contributed by atoms with Gasteiger partial charge in [-0.2, -0.15) is 13.2 Å². The quantitative estimate of drug-likeness (QED) is 0.771. The second kappa shape index (κ2) is 3.65. The third kappa shape index (κ3) is 2.01. The smallest absolute Gasteiger partial charge is 0.301 e. The minimum Gasteiger partial charge on any atom is -0.301 e. The largest absolute Gasteiger partial charge is 0.406 e. The van der Waals surface area contributed by atoms with Gasteiger partial charge in [-0.3, -0.25) is 0 Å². The molecule has 2 unspecified atom stereocenters. The summed E-state index contributed by atoms with van der Waals surface area (Å²) in [4.78, 5) is 0. The number of nitrogens with one attached hydrogen (secondary N) is 1. The van der Waals surface area contributed by atoms with Gasteiger partial charge in [0.25, 0.3) is 0 Å². The van der Waals surface area contributed by atoms with E-state index in [1.165, 1.54) is 0 Å². The standard InChI is InChI=1S/C11H18F3N/c1-2-8-4-3-5-9(8)15-10(6-7-10)11(12,13)14/h8-9,15H,2-7H2,1H3. The van der Waals surface area contributed by atoms with Crippen molar-refractivity contribution >= 4 is 0 Å². The molecule has 0 amide bonds. The normalized spacial score (nSPS) is 34.4. The molecule has 2 saturated carbocycles. The molecule has 0 heterocycles. The van der Waals surface area contributed by atoms with Crippen molar-refractivity contribution in [2.45, 2.75) is 63.2 Å². The van der Waals surface area contributed by atoms with Gasteiger partial charge in [-0.1, -0.05) is 19.8 Å². The minimum absolute atomic E-state index is 0.0964. The summed E-state index contributed by atoms with van der Waals surface area (Å²) in [6.45, 7) is 2.07. The molecule has 88 valence electrons. The summed E-state index contributed by atoms with van der Waals surface area (Å²) < 4.78 is 38.2. The number of rotatable bonds is 3. The predicted octanol–water partition coefficient (Wildman–Crippen LogP) is 3.25. The summed E-state index contributed by atoms with van der Waals surface area (Å²) in [6, 6.07) is 0.0964. The maximum atomic E-state index is 12.7. The van der Waals surface area contributed by atoms with E-state index in [0.717, 1.165) is 25.7 Å². The molecule has 0 spiro atoms. The second-order valence-electron chi connectivity index (χ2n) is 4.93. The Kier molecular flexibility index (Phi) is 2.73. The van der Waals surface area contributed by atoms with Crippen molar-refractivity contribution in [3.05, 3.63) is 0 Å². The fourth-order valence-corrected chi connectivity index (χ4v) is 2.71. The zero-order valence-corrected chi connectivity index (χ0v) is 9.03. The second-order valence-corrected chi connectivity index (χ2v) is 4.93. The van der Waals surface area contributed by atoms with E-state index in [9.17, 15) is 13.2 Å². The Morgan fingerprint density at radius 1 is 1.27 bits per heavy atom. The Bertz CT molecular complexity index is 232. The minimum atomic E-state index is -4.06. The van der Waals surface area contributed by atoms with Crippen LogP contribution in [0, 0.1) is 5.92 Å². The van der Waals surface area contributed by atoms with Gasteiger partial charge in [0, 0.05) is 6.04 Å². The highest BCUT2D eigenvalue weighted by Crippen LogP contribution is 2.50. The topological polar surface area (TPSA) is 12.0 Å². The molecule has 0 saturated heterocycles. The molecule has 1 nitrogen and oxygen atoms in total. The molecule has 0 aromatic carbocycles. The molecule has 2 aliphatic carbocycles. The Morgan fingerprint density at radius 2 is 1.93 bits per heavy atom. The summed E-state index contributed by atoms with van der Waals surface area (Å²) in [6.07, 6.45) is 0.537. The van der Waals surface area contributed by atoms with Crippen molar-refractivity contribution in [3.8, 4) is 0 Å². The van der Waals surface area contributed by atoms with Crippen LogP contribution in [0.3, 0.4) is 0 Å². The molecule has 0 aliphatic heterocycles. The van der Waals surface area contributed by atoms with Gasteiger partial charge >= 0.3 is 6.18 Å². The lowest BCUT2D eigenvalue weighted by atomic mass is 9.99. The first kappa shape index (κ1) is 11.2. The van der Waals surface area contributed by atoms with Crippen LogP contribution >= 0.6 is 0 Å². The fraction of sp³-hybridized carbons (Fsp3) is 1.00. The van der Waals surface area contributed by atoms with E-state index in [-0.39, 0.29) is 18.9 Å². The number of hydrogen-bond acceptors (Lipinski definition) is 1. The van der Waals surface area contributed by atoms with Gasteiger partial charge in [-0.05, 0) is 31.6 Å². The van der Waals surface area contributed by atoms with E-state index in [2.05, 4.69) is 12.2 Å². The van der Waals surface area contributed by atoms with Crippen molar-refractivity contribution in [1.82, 2.24) is 5.32 Å². The Labute approximate surface area is 88.4 Å². The summed E-state index contributed by atoms with van der Waals surface area (Å²) in [5.74, 6) is 0.449. The van der Waals surface area contributed by atoms with E-state index >= 15 is 0 Å². The summed E-state index contributed by atoms with van der Waals surface area (Å²) in [7, 11) is 0. The zero-order valence-electron chi connectivity index (χ0n) is 9.03. The predicted molar refractivity (Wildman–Crippen MR) is 52.6 cm³/mol. The van der Waals surface area contributed by atoms with E-state index in [1.54, 1.807) is 0 Å². The maximum absolute atomic E-state index is 12.7. The third-order valence-electron chi connectivity index (χ3n) is 3.94. The van der Waals surface area contributed by atoms with Crippen molar-refractivity contribution < 1.29 is 13.2 Å². The molecule has 0 aromatic rings. The summed E-state index contributed by atoms with van der Waals surface area (Å²) in [5, 5.41) is 2.88. The highest BCUT2D eigenvalue weighted by Gasteiger charge is 2.64. The molecule has 0 bridgehead atoms. The average molecular weight is 221 g/mol. The van der Waals surface area contributed by atoms with Crippen LogP contribution in [0.2, 0.25) is 0 Å². The molecule has 1 N–H and O–H groups in total. The molecule has 15 heavy (non-hydrogen) atoms. The van der Waals surface area contributed by atoms with Crippen molar-refractivity contribution in [1.29, 1.82) is 0 Å². The molecular formula is C11H18F3N. The molecule has 2 fully saturated rings. The van der Waals surface area contributed by atoms with Crippen LogP contribution in [0.1, 0.15) is 45.4 Å². The molecule has 2 rings (SSSR count). The van der Waals surface area contributed by atoms with Gasteiger partial charge in [0.15, 0.2) is 0 Å². The number of alkyl halides is 3. The summed E-state index contributed by atoms with van der Waals surface area (Å²) in [5.41, 5.74) is -1.52. The monoisotopic (exact) mass is 221 g/mol. The highest BCUT2D eigenvalue weighted by atomic mass is 19.4. The maximum Gasteiger partial charge on any atom is 0.406 e. The first-order valence-corrected chi connectivity index (χ1v) is 5.83. The lowest BCUT2D eigenvalue weighted by Gasteiger charge is -2.28. The SMILES string of the molecule is CCC1CCCC1NC1(C(F)(F)F)CC1. The Balaban J connectivity index is 1.97. The molecular weight excluding hydrogens is 203 g/mol. The third-order valence-corrected chi connectivity index (χ3v) is 3.94. The Hall–Kier alpha value is -0.250. The zero-order chi connectivity index (χ0) is 11.1. The van der Waals surface area contributed by atoms with Crippen LogP contribution in [0.25, 0.3) is 0 Å². The van der Waals surface area contributed by atoms with E-state index in [0.29, 0.717) is 5.92 Å². The van der Waals surface area contributed by atoms with Gasteiger partial charge < -0.3 is 5.32 Å². The van der Waals surface area contributed by atoms with Crippen LogP contribution in [-0.2, 0) is 0 Å². The van der Waals surface area contributed by atoms with Crippen LogP contribution < -0.4 is 5.32 Å².